The molecule has 0 unspecified atom stereocenters. The number of thiophene rings is 1. The number of amides is 3. The van der Waals surface area contributed by atoms with Gasteiger partial charge in [-0.25, -0.2) is 9.78 Å². The smallest absolute Gasteiger partial charge is 0.324 e. The van der Waals surface area contributed by atoms with Crippen LogP contribution < -0.4 is 15.6 Å². The second-order valence-corrected chi connectivity index (χ2v) is 10.4. The fourth-order valence-corrected chi connectivity index (χ4v) is 6.68. The lowest BCUT2D eigenvalue weighted by molar-refractivity contribution is -0.124. The van der Waals surface area contributed by atoms with Crippen molar-refractivity contribution in [2.75, 3.05) is 25.4 Å². The second kappa shape index (κ2) is 9.79. The van der Waals surface area contributed by atoms with Crippen LogP contribution in [0, 0.1) is 0 Å². The molecule has 1 aliphatic carbocycles. The van der Waals surface area contributed by atoms with Gasteiger partial charge in [0.1, 0.15) is 10.6 Å². The first-order valence-corrected chi connectivity index (χ1v) is 13.4. The molecule has 8 nitrogen and oxygen atoms in total. The molecule has 34 heavy (non-hydrogen) atoms. The summed E-state index contributed by atoms with van der Waals surface area (Å²) < 4.78 is 7.26. The van der Waals surface area contributed by atoms with E-state index in [9.17, 15) is 14.4 Å². The Kier molecular flexibility index (Phi) is 6.60. The van der Waals surface area contributed by atoms with E-state index in [0.29, 0.717) is 30.5 Å². The average Bonchev–Trinajstić information content (AvgIpc) is 3.37. The molecule has 1 aliphatic heterocycles. The normalized spacial score (nSPS) is 15.6. The first kappa shape index (κ1) is 22.9. The van der Waals surface area contributed by atoms with Gasteiger partial charge in [-0.15, -0.1) is 11.3 Å². The van der Waals surface area contributed by atoms with Gasteiger partial charge >= 0.3 is 6.03 Å². The van der Waals surface area contributed by atoms with Crippen molar-refractivity contribution in [2.24, 2.45) is 0 Å². The summed E-state index contributed by atoms with van der Waals surface area (Å²) in [5.74, 6) is 1.17. The highest BCUT2D eigenvalue weighted by atomic mass is 32.2. The van der Waals surface area contributed by atoms with Gasteiger partial charge in [-0.3, -0.25) is 19.1 Å². The largest absolute Gasteiger partial charge is 0.494 e. The molecule has 3 amide bonds. The number of nitrogens with one attached hydrogen (secondary N) is 1. The van der Waals surface area contributed by atoms with Crippen LogP contribution in [0.4, 0.5) is 4.79 Å². The zero-order valence-electron chi connectivity index (χ0n) is 19.0. The van der Waals surface area contributed by atoms with Crippen LogP contribution in [0.1, 0.15) is 36.6 Å². The van der Waals surface area contributed by atoms with Crippen LogP contribution in [0.2, 0.25) is 0 Å². The monoisotopic (exact) mass is 498 g/mol. The van der Waals surface area contributed by atoms with E-state index in [1.807, 2.05) is 31.2 Å². The Bertz CT molecular complexity index is 1280. The molecule has 1 saturated heterocycles. The first-order chi connectivity index (χ1) is 16.6. The summed E-state index contributed by atoms with van der Waals surface area (Å²) in [6.45, 7) is 2.92. The molecule has 1 N–H and O–H groups in total. The summed E-state index contributed by atoms with van der Waals surface area (Å²) in [5, 5.41) is 3.91. The van der Waals surface area contributed by atoms with E-state index < -0.39 is 0 Å². The highest BCUT2D eigenvalue weighted by Crippen LogP contribution is 2.35. The lowest BCUT2D eigenvalue weighted by Crippen LogP contribution is -2.32. The van der Waals surface area contributed by atoms with Crippen LogP contribution in [0.15, 0.2) is 34.2 Å². The Morgan fingerprint density at radius 3 is 2.68 bits per heavy atom. The number of aromatic nitrogens is 2. The van der Waals surface area contributed by atoms with Crippen molar-refractivity contribution in [1.29, 1.82) is 0 Å². The van der Waals surface area contributed by atoms with E-state index in [-0.39, 0.29) is 24.0 Å². The van der Waals surface area contributed by atoms with E-state index in [1.165, 1.54) is 27.1 Å². The molecular formula is C24H26N4O4S2. The number of ether oxygens (including phenoxy) is 1. The Hall–Kier alpha value is -2.85. The van der Waals surface area contributed by atoms with Crippen LogP contribution in [0.25, 0.3) is 15.9 Å². The molecule has 0 bridgehead atoms. The maximum absolute atomic E-state index is 13.8. The number of thioether (sulfide) groups is 1. The molecule has 3 aromatic rings. The van der Waals surface area contributed by atoms with Gasteiger partial charge in [-0.2, -0.15) is 0 Å². The van der Waals surface area contributed by atoms with Crippen LogP contribution in [0.5, 0.6) is 5.75 Å². The fourth-order valence-electron chi connectivity index (χ4n) is 4.44. The quantitative estimate of drug-likeness (QED) is 0.220. The number of carbonyl (C=O) groups is 2. The average molecular weight is 499 g/mol. The molecule has 0 spiro atoms. The van der Waals surface area contributed by atoms with Crippen molar-refractivity contribution in [2.45, 2.75) is 44.2 Å². The number of imide groups is 1. The minimum Gasteiger partial charge on any atom is -0.494 e. The lowest BCUT2D eigenvalue weighted by Gasteiger charge is -2.15. The Balaban J connectivity index is 1.47. The SMILES string of the molecule is CCOc1ccc(-n2c(SCCCN3C(=O)CNC3=O)nc3sc4c(c3c2=O)CCCC4)cc1. The van der Waals surface area contributed by atoms with Gasteiger partial charge in [0, 0.05) is 17.2 Å². The van der Waals surface area contributed by atoms with Crippen LogP contribution >= 0.6 is 23.1 Å². The molecule has 2 aliphatic rings. The number of urea groups is 1. The number of hydrogen-bond acceptors (Lipinski definition) is 7. The fraction of sp³-hybridized carbons (Fsp3) is 0.417. The van der Waals surface area contributed by atoms with Crippen molar-refractivity contribution in [3.8, 4) is 11.4 Å². The van der Waals surface area contributed by atoms with E-state index in [4.69, 9.17) is 9.72 Å². The summed E-state index contributed by atoms with van der Waals surface area (Å²) in [6, 6.07) is 7.16. The van der Waals surface area contributed by atoms with E-state index in [2.05, 4.69) is 5.32 Å². The van der Waals surface area contributed by atoms with Gasteiger partial charge in [-0.1, -0.05) is 11.8 Å². The highest BCUT2D eigenvalue weighted by Gasteiger charge is 2.28. The molecule has 2 aromatic heterocycles. The number of aryl methyl sites for hydroxylation is 2. The van der Waals surface area contributed by atoms with Gasteiger partial charge in [0.05, 0.1) is 24.2 Å². The van der Waals surface area contributed by atoms with Crippen LogP contribution in [-0.2, 0) is 17.6 Å². The van der Waals surface area contributed by atoms with Crippen molar-refractivity contribution in [1.82, 2.24) is 19.8 Å². The van der Waals surface area contributed by atoms with Crippen molar-refractivity contribution >= 4 is 45.3 Å². The molecule has 0 saturated carbocycles. The van der Waals surface area contributed by atoms with Crippen LogP contribution in [-0.4, -0.2) is 51.8 Å². The topological polar surface area (TPSA) is 93.5 Å². The molecule has 3 heterocycles. The molecule has 1 fully saturated rings. The van der Waals surface area contributed by atoms with Crippen molar-refractivity contribution < 1.29 is 14.3 Å². The molecule has 178 valence electrons. The van der Waals surface area contributed by atoms with E-state index >= 15 is 0 Å². The third kappa shape index (κ3) is 4.32. The predicted octanol–water partition coefficient (Wildman–Crippen LogP) is 3.76. The maximum Gasteiger partial charge on any atom is 0.324 e. The minimum absolute atomic E-state index is 0.0369. The molecule has 0 radical (unpaired) electrons. The van der Waals surface area contributed by atoms with Gasteiger partial charge in [0.25, 0.3) is 5.56 Å². The van der Waals surface area contributed by atoms with Gasteiger partial charge in [-0.05, 0) is 68.9 Å². The standard InChI is InChI=1S/C24H26N4O4S2/c1-2-32-16-10-8-15(9-11-16)28-22(30)20-17-6-3-4-7-18(17)34-21(20)26-24(28)33-13-5-12-27-19(29)14-25-23(27)31/h8-11H,2-7,12-14H2,1H3,(H,25,31). The maximum atomic E-state index is 13.8. The predicted molar refractivity (Wildman–Crippen MR) is 133 cm³/mol. The third-order valence-corrected chi connectivity index (χ3v) is 8.27. The zero-order chi connectivity index (χ0) is 23.7. The molecule has 10 heteroatoms. The number of carbonyl (C=O) groups excluding carboxylic acids is 2. The molecule has 5 rings (SSSR count). The Morgan fingerprint density at radius 2 is 1.94 bits per heavy atom. The number of fused-ring (bicyclic) bond motifs is 3. The van der Waals surface area contributed by atoms with Gasteiger partial charge in [0.15, 0.2) is 5.16 Å². The minimum atomic E-state index is -0.343. The number of hydrogen-bond donors (Lipinski definition) is 1. The van der Waals surface area contributed by atoms with Gasteiger partial charge in [0.2, 0.25) is 5.91 Å². The van der Waals surface area contributed by atoms with Crippen molar-refractivity contribution in [3.63, 3.8) is 0 Å². The van der Waals surface area contributed by atoms with E-state index in [0.717, 1.165) is 47.3 Å². The highest BCUT2D eigenvalue weighted by molar-refractivity contribution is 7.99. The number of nitrogens with zero attached hydrogens (tertiary/aromatic N) is 3. The number of benzene rings is 1. The van der Waals surface area contributed by atoms with Gasteiger partial charge < -0.3 is 10.1 Å². The summed E-state index contributed by atoms with van der Waals surface area (Å²) in [5.41, 5.74) is 1.87. The summed E-state index contributed by atoms with van der Waals surface area (Å²) in [6.07, 6.45) is 4.79. The summed E-state index contributed by atoms with van der Waals surface area (Å²) in [7, 11) is 0. The van der Waals surface area contributed by atoms with Crippen molar-refractivity contribution in [3.05, 3.63) is 45.1 Å². The first-order valence-electron chi connectivity index (χ1n) is 11.6. The third-order valence-electron chi connectivity index (χ3n) is 6.06. The van der Waals surface area contributed by atoms with Crippen LogP contribution in [0.3, 0.4) is 0 Å². The lowest BCUT2D eigenvalue weighted by atomic mass is 9.97. The molecular weight excluding hydrogens is 472 g/mol. The summed E-state index contributed by atoms with van der Waals surface area (Å²) >= 11 is 3.11. The summed E-state index contributed by atoms with van der Waals surface area (Å²) in [4.78, 5) is 45.6. The second-order valence-electron chi connectivity index (χ2n) is 8.26. The molecule has 1 aromatic carbocycles. The Labute approximate surface area is 205 Å². The Morgan fingerprint density at radius 1 is 1.15 bits per heavy atom. The molecule has 0 atom stereocenters. The number of rotatable bonds is 8. The van der Waals surface area contributed by atoms with E-state index in [1.54, 1.807) is 15.9 Å². The zero-order valence-corrected chi connectivity index (χ0v) is 20.6.